The van der Waals surface area contributed by atoms with Crippen LogP contribution in [0.5, 0.6) is 11.5 Å². The highest BCUT2D eigenvalue weighted by atomic mass is 31.2. The summed E-state index contributed by atoms with van der Waals surface area (Å²) in [5.41, 5.74) is 13.7. The average Bonchev–Trinajstić information content (AvgIpc) is 4.06. The number of aromatic nitrogens is 9. The van der Waals surface area contributed by atoms with Gasteiger partial charge in [-0.05, 0) is 12.1 Å². The van der Waals surface area contributed by atoms with Gasteiger partial charge in [-0.15, -0.1) is 0 Å². The van der Waals surface area contributed by atoms with Crippen LogP contribution in [0.15, 0.2) is 58.5 Å². The summed E-state index contributed by atoms with van der Waals surface area (Å²) in [5, 5.41) is 13.9. The smallest absolute Gasteiger partial charge is 0.454 e. The Morgan fingerprint density at radius 2 is 1.54 bits per heavy atom. The largest absolute Gasteiger partial charge is 0.472 e. The Morgan fingerprint density at radius 3 is 2.27 bits per heavy atom. The monoisotopic (exact) mass is 834 g/mol. The third-order valence-electron chi connectivity index (χ3n) is 9.78. The highest BCUT2D eigenvalue weighted by molar-refractivity contribution is 7.47. The predicted octanol–water partition coefficient (Wildman–Crippen LogP) is 2.65. The van der Waals surface area contributed by atoms with E-state index in [1.807, 2.05) is 0 Å². The molecule has 3 aliphatic rings. The summed E-state index contributed by atoms with van der Waals surface area (Å²) in [6, 6.07) is 5.15. The Morgan fingerprint density at radius 1 is 0.864 bits per heavy atom. The summed E-state index contributed by atoms with van der Waals surface area (Å²) < 4.78 is 67.4. The van der Waals surface area contributed by atoms with Crippen molar-refractivity contribution in [2.45, 2.75) is 49.7 Å². The quantitative estimate of drug-likeness (QED) is 0.117. The molecular formula is C33H31N12O13P. The van der Waals surface area contributed by atoms with Gasteiger partial charge in [-0.1, -0.05) is 0 Å². The molecule has 306 valence electrons. The second kappa shape index (κ2) is 14.4. The Balaban J connectivity index is 0.802. The summed E-state index contributed by atoms with van der Waals surface area (Å²) in [4.78, 5) is 52.8. The highest BCUT2D eigenvalue weighted by Gasteiger charge is 2.44. The number of nitrogens with one attached hydrogen (secondary N) is 1. The molecular weight excluding hydrogens is 803 g/mol. The van der Waals surface area contributed by atoms with E-state index in [1.54, 1.807) is 22.8 Å². The summed E-state index contributed by atoms with van der Waals surface area (Å²) in [7, 11) is -4.89. The van der Waals surface area contributed by atoms with Gasteiger partial charge in [0.1, 0.15) is 66.6 Å². The molecule has 1 unspecified atom stereocenters. The van der Waals surface area contributed by atoms with Gasteiger partial charge in [-0.25, -0.2) is 44.2 Å². The van der Waals surface area contributed by atoms with Crippen molar-refractivity contribution in [3.8, 4) is 23.1 Å². The highest BCUT2D eigenvalue weighted by Crippen LogP contribution is 2.49. The number of imidazole rings is 2. The van der Waals surface area contributed by atoms with Crippen molar-refractivity contribution in [3.05, 3.63) is 49.7 Å². The van der Waals surface area contributed by atoms with Gasteiger partial charge in [0.05, 0.1) is 31.6 Å². The van der Waals surface area contributed by atoms with Crippen LogP contribution in [-0.4, -0.2) is 105 Å². The number of carbonyl (C=O) groups excluding carboxylic acids is 1. The second-order valence-electron chi connectivity index (χ2n) is 13.5. The summed E-state index contributed by atoms with van der Waals surface area (Å²) in [5.74, 6) is 1.72. The molecule has 9 heterocycles. The van der Waals surface area contributed by atoms with Crippen LogP contribution in [0, 0.1) is 0 Å². The van der Waals surface area contributed by atoms with Crippen molar-refractivity contribution in [1.82, 2.24) is 44.0 Å². The number of benzene rings is 1. The van der Waals surface area contributed by atoms with Gasteiger partial charge in [-0.3, -0.25) is 23.5 Å². The SMILES string of the molecule is Nc1ncnc2c1ncn2[C@H]1C[C@H](OP(=O)(O)OC[C@H]2O[C@@H](n3cnc4c(N)ncnc43)C[C@@H]2O)[C@@H](COC(=O)Nc2cnc(-c3cc4cc5c(cc4o3)OCO5)o2)O1. The molecule has 0 aliphatic carbocycles. The molecule has 10 rings (SSSR count). The molecule has 3 aliphatic heterocycles. The molecule has 25 nitrogen and oxygen atoms in total. The zero-order valence-electron chi connectivity index (χ0n) is 30.1. The van der Waals surface area contributed by atoms with Crippen LogP contribution in [0.3, 0.4) is 0 Å². The van der Waals surface area contributed by atoms with E-state index >= 15 is 0 Å². The lowest BCUT2D eigenvalue weighted by molar-refractivity contribution is -0.0560. The van der Waals surface area contributed by atoms with E-state index in [-0.39, 0.29) is 48.8 Å². The van der Waals surface area contributed by atoms with Crippen molar-refractivity contribution < 1.29 is 60.9 Å². The molecule has 59 heavy (non-hydrogen) atoms. The minimum absolute atomic E-state index is 0.0492. The number of anilines is 3. The molecule has 26 heteroatoms. The number of nitrogens with zero attached hydrogens (tertiary/aromatic N) is 9. The van der Waals surface area contributed by atoms with E-state index in [2.05, 4.69) is 40.2 Å². The molecule has 2 saturated heterocycles. The van der Waals surface area contributed by atoms with Crippen molar-refractivity contribution >= 4 is 64.7 Å². The van der Waals surface area contributed by atoms with E-state index in [0.29, 0.717) is 39.4 Å². The number of ether oxygens (including phenoxy) is 5. The lowest BCUT2D eigenvalue weighted by atomic mass is 10.2. The first kappa shape index (κ1) is 36.8. The molecule has 7 aromatic rings. The molecule has 0 spiro atoms. The standard InChI is InChI=1S/C33H31N12O13P/c34-28-26-30(39-9-37-28)44(11-41-26)24-3-15(46)21(55-24)8-53-59(48,49)58-19-5-25(45-12-42-27-29(35)38-10-40-31(27)45)56-22(19)7-50-33(47)43-23-6-36-32(57-23)20-2-14-1-17-18(52-13-51-17)4-16(14)54-20/h1-2,4,6,9-12,15,19,21-22,24-25,46H,3,5,7-8,13H2,(H,43,47)(H,48,49)(H2,34,37,39)(H2,35,38,40)/t15-,19-,21+,22+,24+,25+/m0/s1. The maximum absolute atomic E-state index is 13.4. The summed E-state index contributed by atoms with van der Waals surface area (Å²) in [6.07, 6.45) is -0.329. The first-order valence-corrected chi connectivity index (χ1v) is 19.3. The van der Waals surface area contributed by atoms with Crippen LogP contribution in [0.2, 0.25) is 0 Å². The Kier molecular flexibility index (Phi) is 9.00. The van der Waals surface area contributed by atoms with Gasteiger partial charge in [0, 0.05) is 24.3 Å². The molecule has 0 bridgehead atoms. The number of oxazole rings is 1. The molecule has 7 N–H and O–H groups in total. The number of aliphatic hydroxyl groups is 1. The molecule has 0 saturated carbocycles. The van der Waals surface area contributed by atoms with Crippen molar-refractivity contribution in [1.29, 1.82) is 0 Å². The molecule has 6 aromatic heterocycles. The number of rotatable bonds is 11. The maximum Gasteiger partial charge on any atom is 0.472 e. The van der Waals surface area contributed by atoms with E-state index in [0.717, 1.165) is 5.39 Å². The number of aliphatic hydroxyl groups excluding tert-OH is 1. The number of furan rings is 1. The number of phosphoric ester groups is 1. The fourth-order valence-electron chi connectivity index (χ4n) is 6.97. The van der Waals surface area contributed by atoms with Crippen LogP contribution >= 0.6 is 7.82 Å². The lowest BCUT2D eigenvalue weighted by Gasteiger charge is -2.22. The zero-order valence-corrected chi connectivity index (χ0v) is 31.0. The van der Waals surface area contributed by atoms with Gasteiger partial charge in [0.15, 0.2) is 40.2 Å². The third-order valence-corrected chi connectivity index (χ3v) is 10.8. The first-order chi connectivity index (χ1) is 28.5. The predicted molar refractivity (Wildman–Crippen MR) is 196 cm³/mol. The van der Waals surface area contributed by atoms with Gasteiger partial charge < -0.3 is 54.0 Å². The van der Waals surface area contributed by atoms with Gasteiger partial charge in [0.25, 0.3) is 5.89 Å². The topological polar surface area (TPSA) is 330 Å². The number of fused-ring (bicyclic) bond motifs is 4. The van der Waals surface area contributed by atoms with Crippen molar-refractivity contribution in [3.63, 3.8) is 0 Å². The number of carbonyl (C=O) groups is 1. The Labute approximate surface area is 328 Å². The summed E-state index contributed by atoms with van der Waals surface area (Å²) in [6.45, 7) is -0.876. The first-order valence-electron chi connectivity index (χ1n) is 17.8. The fraction of sp³-hybridized carbons (Fsp3) is 0.333. The maximum atomic E-state index is 13.4. The van der Waals surface area contributed by atoms with Gasteiger partial charge >= 0.3 is 13.9 Å². The molecule has 1 amide bonds. The fourth-order valence-corrected chi connectivity index (χ4v) is 7.93. The van der Waals surface area contributed by atoms with Gasteiger partial charge in [-0.2, -0.15) is 0 Å². The summed E-state index contributed by atoms with van der Waals surface area (Å²) >= 11 is 0. The van der Waals surface area contributed by atoms with Crippen LogP contribution < -0.4 is 26.3 Å². The molecule has 7 atom stereocenters. The number of amides is 1. The number of nitrogen functional groups attached to an aromatic ring is 2. The van der Waals surface area contributed by atoms with E-state index < -0.39 is 64.0 Å². The van der Waals surface area contributed by atoms with E-state index in [4.69, 9.17) is 53.0 Å². The second-order valence-corrected chi connectivity index (χ2v) is 14.9. The van der Waals surface area contributed by atoms with Crippen LogP contribution in [0.4, 0.5) is 22.3 Å². The van der Waals surface area contributed by atoms with Crippen molar-refractivity contribution in [2.24, 2.45) is 0 Å². The normalized spacial score (nSPS) is 23.7. The molecule has 0 radical (unpaired) electrons. The van der Waals surface area contributed by atoms with Gasteiger partial charge in [0.2, 0.25) is 12.7 Å². The number of phosphoric acid groups is 1. The average molecular weight is 835 g/mol. The van der Waals surface area contributed by atoms with E-state index in [1.165, 1.54) is 36.1 Å². The minimum Gasteiger partial charge on any atom is -0.454 e. The number of hydrogen-bond acceptors (Lipinski definition) is 21. The minimum atomic E-state index is -4.89. The van der Waals surface area contributed by atoms with Crippen LogP contribution in [-0.2, 0) is 27.8 Å². The third kappa shape index (κ3) is 6.98. The van der Waals surface area contributed by atoms with Crippen LogP contribution in [0.25, 0.3) is 44.9 Å². The van der Waals surface area contributed by atoms with Crippen molar-refractivity contribution in [2.75, 3.05) is 36.8 Å². The zero-order chi connectivity index (χ0) is 40.4. The molecule has 1 aromatic carbocycles. The Hall–Kier alpha value is -6.47. The Bertz CT molecular complexity index is 2730. The van der Waals surface area contributed by atoms with Crippen LogP contribution in [0.1, 0.15) is 25.3 Å². The number of nitrogens with two attached hydrogens (primary N) is 2. The number of hydrogen-bond donors (Lipinski definition) is 5. The lowest BCUT2D eigenvalue weighted by Crippen LogP contribution is -2.31. The molecule has 2 fully saturated rings. The van der Waals surface area contributed by atoms with E-state index in [9.17, 15) is 19.4 Å².